The van der Waals surface area contributed by atoms with E-state index in [1.54, 1.807) is 20.8 Å². The summed E-state index contributed by atoms with van der Waals surface area (Å²) in [6.45, 7) is 5.09. The second-order valence-electron chi connectivity index (χ2n) is 3.50. The molecule has 0 aromatic heterocycles. The Hall–Kier alpha value is -0.610. The number of aliphatic hydroxyl groups is 1. The first-order valence-corrected chi connectivity index (χ1v) is 3.46. The highest BCUT2D eigenvalue weighted by Crippen LogP contribution is 2.18. The quantitative estimate of drug-likeness (QED) is 0.510. The molecule has 0 amide bonds. The summed E-state index contributed by atoms with van der Waals surface area (Å²) >= 11 is 0. The smallest absolute Gasteiger partial charge is 0.321 e. The van der Waals surface area contributed by atoms with Crippen LogP contribution in [0.1, 0.15) is 20.8 Å². The van der Waals surface area contributed by atoms with Crippen LogP contribution in [0.5, 0.6) is 0 Å². The first kappa shape index (κ1) is 10.4. The third-order valence-corrected chi connectivity index (χ3v) is 1.41. The lowest BCUT2D eigenvalue weighted by atomic mass is 9.87. The van der Waals surface area contributed by atoms with Crippen LogP contribution in [-0.2, 0) is 4.79 Å². The Balaban J connectivity index is 4.22. The zero-order valence-corrected chi connectivity index (χ0v) is 7.09. The van der Waals surface area contributed by atoms with Crippen LogP contribution < -0.4 is 5.32 Å². The molecule has 0 rings (SSSR count). The molecule has 0 saturated carbocycles. The second kappa shape index (κ2) is 3.69. The van der Waals surface area contributed by atoms with Crippen molar-refractivity contribution in [3.8, 4) is 0 Å². The summed E-state index contributed by atoms with van der Waals surface area (Å²) in [4.78, 5) is 10.6. The predicted octanol–water partition coefficient (Wildman–Crippen LogP) is 0.0251. The molecule has 66 valence electrons. The van der Waals surface area contributed by atoms with Gasteiger partial charge in [0.15, 0.2) is 0 Å². The highest BCUT2D eigenvalue weighted by atomic mass is 16.4. The summed E-state index contributed by atoms with van der Waals surface area (Å²) in [7, 11) is 0. The summed E-state index contributed by atoms with van der Waals surface area (Å²) < 4.78 is 0. The minimum absolute atomic E-state index is 0.311. The molecule has 0 heterocycles. The molecule has 0 bridgehead atoms. The minimum atomic E-state index is -0.938. The Morgan fingerprint density at radius 3 is 2.09 bits per heavy atom. The molecule has 11 heavy (non-hydrogen) atoms. The lowest BCUT2D eigenvalue weighted by molar-refractivity contribution is -0.142. The standard InChI is InChI=1S/C7H15NO3/c1-7(2,3)5(6(10)11)8-4-9/h5,8-9H,4H2,1-3H3,(H,10,11)/t5-/m1/s1. The minimum Gasteiger partial charge on any atom is -0.480 e. The van der Waals surface area contributed by atoms with Crippen LogP contribution in [0.3, 0.4) is 0 Å². The molecule has 0 aliphatic carbocycles. The van der Waals surface area contributed by atoms with Gasteiger partial charge in [-0.05, 0) is 5.41 Å². The molecule has 0 aliphatic heterocycles. The number of nitrogens with one attached hydrogen (secondary N) is 1. The van der Waals surface area contributed by atoms with Crippen molar-refractivity contribution < 1.29 is 15.0 Å². The monoisotopic (exact) mass is 161 g/mol. The average molecular weight is 161 g/mol. The van der Waals surface area contributed by atoms with Gasteiger partial charge in [-0.15, -0.1) is 0 Å². The number of hydrogen-bond donors (Lipinski definition) is 3. The van der Waals surface area contributed by atoms with Crippen LogP contribution in [0.2, 0.25) is 0 Å². The largest absolute Gasteiger partial charge is 0.480 e. The molecular formula is C7H15NO3. The third kappa shape index (κ3) is 3.34. The third-order valence-electron chi connectivity index (χ3n) is 1.41. The molecule has 4 nitrogen and oxygen atoms in total. The van der Waals surface area contributed by atoms with Crippen molar-refractivity contribution in [3.05, 3.63) is 0 Å². The fourth-order valence-corrected chi connectivity index (χ4v) is 0.855. The van der Waals surface area contributed by atoms with E-state index in [9.17, 15) is 4.79 Å². The van der Waals surface area contributed by atoms with E-state index in [4.69, 9.17) is 10.2 Å². The van der Waals surface area contributed by atoms with E-state index in [2.05, 4.69) is 5.32 Å². The van der Waals surface area contributed by atoms with Crippen LogP contribution in [0, 0.1) is 5.41 Å². The summed E-state index contributed by atoms with van der Waals surface area (Å²) in [5.74, 6) is -0.938. The van der Waals surface area contributed by atoms with Gasteiger partial charge in [0.1, 0.15) is 6.04 Å². The molecular weight excluding hydrogens is 146 g/mol. The van der Waals surface area contributed by atoms with E-state index < -0.39 is 12.0 Å². The van der Waals surface area contributed by atoms with Crippen LogP contribution in [0.4, 0.5) is 0 Å². The van der Waals surface area contributed by atoms with Crippen molar-refractivity contribution in [3.63, 3.8) is 0 Å². The van der Waals surface area contributed by atoms with Gasteiger partial charge >= 0.3 is 5.97 Å². The van der Waals surface area contributed by atoms with E-state index in [1.807, 2.05) is 0 Å². The maximum atomic E-state index is 10.6. The number of rotatable bonds is 3. The van der Waals surface area contributed by atoms with E-state index in [0.29, 0.717) is 0 Å². The highest BCUT2D eigenvalue weighted by Gasteiger charge is 2.30. The molecule has 0 radical (unpaired) electrons. The Morgan fingerprint density at radius 1 is 1.55 bits per heavy atom. The fourth-order valence-electron chi connectivity index (χ4n) is 0.855. The van der Waals surface area contributed by atoms with Gasteiger partial charge < -0.3 is 10.2 Å². The molecule has 0 aromatic rings. The second-order valence-corrected chi connectivity index (χ2v) is 3.50. The SMILES string of the molecule is CC(C)(C)[C@H](NCO)C(=O)O. The van der Waals surface area contributed by atoms with Crippen molar-refractivity contribution in [2.24, 2.45) is 5.41 Å². The van der Waals surface area contributed by atoms with Crippen molar-refractivity contribution in [2.75, 3.05) is 6.73 Å². The number of hydrogen-bond acceptors (Lipinski definition) is 3. The molecule has 1 atom stereocenters. The molecule has 4 heteroatoms. The lowest BCUT2D eigenvalue weighted by Crippen LogP contribution is -2.46. The van der Waals surface area contributed by atoms with Crippen LogP contribution in [0.15, 0.2) is 0 Å². The number of aliphatic hydroxyl groups excluding tert-OH is 1. The summed E-state index contributed by atoms with van der Waals surface area (Å²) in [5, 5.41) is 19.6. The van der Waals surface area contributed by atoms with Crippen molar-refractivity contribution in [1.29, 1.82) is 0 Å². The topological polar surface area (TPSA) is 69.6 Å². The molecule has 0 fully saturated rings. The molecule has 0 spiro atoms. The van der Waals surface area contributed by atoms with Crippen LogP contribution in [-0.4, -0.2) is 29.0 Å². The predicted molar refractivity (Wildman–Crippen MR) is 41.1 cm³/mol. The number of aliphatic carboxylic acids is 1. The molecule has 0 aliphatic rings. The van der Waals surface area contributed by atoms with Crippen molar-refractivity contribution in [2.45, 2.75) is 26.8 Å². The summed E-state index contributed by atoms with van der Waals surface area (Å²) in [5.41, 5.74) is -0.380. The molecule has 0 saturated heterocycles. The number of carbonyl (C=O) groups is 1. The Bertz CT molecular complexity index is 139. The summed E-state index contributed by atoms with van der Waals surface area (Å²) in [6, 6.07) is -0.701. The first-order valence-electron chi connectivity index (χ1n) is 3.46. The van der Waals surface area contributed by atoms with E-state index >= 15 is 0 Å². The number of carboxylic acid groups (broad SMARTS) is 1. The number of carboxylic acids is 1. The molecule has 0 aromatic carbocycles. The molecule has 3 N–H and O–H groups in total. The fraction of sp³-hybridized carbons (Fsp3) is 0.857. The first-order chi connectivity index (χ1) is 4.89. The van der Waals surface area contributed by atoms with Crippen LogP contribution in [0.25, 0.3) is 0 Å². The Morgan fingerprint density at radius 2 is 2.00 bits per heavy atom. The van der Waals surface area contributed by atoms with Gasteiger partial charge in [0.2, 0.25) is 0 Å². The zero-order valence-electron chi connectivity index (χ0n) is 7.09. The summed E-state index contributed by atoms with van der Waals surface area (Å²) in [6.07, 6.45) is 0. The Kier molecular flexibility index (Phi) is 3.48. The molecule has 0 unspecified atom stereocenters. The van der Waals surface area contributed by atoms with Crippen molar-refractivity contribution >= 4 is 5.97 Å². The van der Waals surface area contributed by atoms with Crippen LogP contribution >= 0.6 is 0 Å². The maximum absolute atomic E-state index is 10.6. The van der Waals surface area contributed by atoms with Gasteiger partial charge in [-0.3, -0.25) is 10.1 Å². The Labute approximate surface area is 66.2 Å². The van der Waals surface area contributed by atoms with Gasteiger partial charge in [-0.1, -0.05) is 20.8 Å². The average Bonchev–Trinajstić information content (AvgIpc) is 1.79. The van der Waals surface area contributed by atoms with Gasteiger partial charge in [0.25, 0.3) is 0 Å². The van der Waals surface area contributed by atoms with Gasteiger partial charge in [0, 0.05) is 0 Å². The van der Waals surface area contributed by atoms with Crippen molar-refractivity contribution in [1.82, 2.24) is 5.32 Å². The van der Waals surface area contributed by atoms with E-state index in [-0.39, 0.29) is 12.1 Å². The van der Waals surface area contributed by atoms with E-state index in [1.165, 1.54) is 0 Å². The lowest BCUT2D eigenvalue weighted by Gasteiger charge is -2.26. The highest BCUT2D eigenvalue weighted by molar-refractivity contribution is 5.74. The van der Waals surface area contributed by atoms with Gasteiger partial charge in [-0.25, -0.2) is 0 Å². The van der Waals surface area contributed by atoms with Gasteiger partial charge in [0.05, 0.1) is 6.73 Å². The maximum Gasteiger partial charge on any atom is 0.321 e. The van der Waals surface area contributed by atoms with E-state index in [0.717, 1.165) is 0 Å². The van der Waals surface area contributed by atoms with Gasteiger partial charge in [-0.2, -0.15) is 0 Å². The normalized spacial score (nSPS) is 14.5. The zero-order chi connectivity index (χ0) is 9.07.